The first-order valence-corrected chi connectivity index (χ1v) is 15.4. The van der Waals surface area contributed by atoms with Crippen molar-refractivity contribution in [3.63, 3.8) is 0 Å². The minimum absolute atomic E-state index is 0.0137. The molecule has 13 heteroatoms. The highest BCUT2D eigenvalue weighted by Crippen LogP contribution is 2.43. The van der Waals surface area contributed by atoms with Crippen LogP contribution < -0.4 is 10.9 Å². The number of anilines is 1. The Bertz CT molecular complexity index is 1850. The molecule has 4 aromatic rings. The van der Waals surface area contributed by atoms with E-state index in [2.05, 4.69) is 36.3 Å². The van der Waals surface area contributed by atoms with Crippen LogP contribution in [0, 0.1) is 24.2 Å². The second-order valence-electron chi connectivity index (χ2n) is 10.5. The monoisotopic (exact) mass is 571 g/mol. The Hall–Kier alpha value is -4.31. The zero-order valence-electron chi connectivity index (χ0n) is 22.8. The number of hydrogen-bond donors (Lipinski definition) is 1. The quantitative estimate of drug-likeness (QED) is 0.328. The van der Waals surface area contributed by atoms with Crippen LogP contribution in [0.3, 0.4) is 0 Å². The highest BCUT2D eigenvalue weighted by atomic mass is 32.2. The second kappa shape index (κ2) is 10.6. The van der Waals surface area contributed by atoms with Gasteiger partial charge in [0, 0.05) is 12.1 Å². The van der Waals surface area contributed by atoms with E-state index in [1.807, 2.05) is 6.92 Å². The van der Waals surface area contributed by atoms with Crippen LogP contribution in [0.4, 0.5) is 5.82 Å². The molecule has 210 valence electrons. The van der Waals surface area contributed by atoms with Crippen molar-refractivity contribution in [1.29, 1.82) is 5.26 Å². The maximum Gasteiger partial charge on any atom is 0.295 e. The van der Waals surface area contributed by atoms with Crippen LogP contribution in [0.15, 0.2) is 40.5 Å². The van der Waals surface area contributed by atoms with Gasteiger partial charge >= 0.3 is 0 Å². The number of hydrogen-bond acceptors (Lipinski definition) is 11. The molecular formula is C28H29N9O3S. The van der Waals surface area contributed by atoms with Crippen molar-refractivity contribution in [2.75, 3.05) is 11.1 Å². The molecule has 0 bridgehead atoms. The molecule has 4 aromatic heterocycles. The number of fused-ring (bicyclic) bond motifs is 1. The number of rotatable bonds is 8. The van der Waals surface area contributed by atoms with E-state index in [1.165, 1.54) is 12.3 Å². The fourth-order valence-electron chi connectivity index (χ4n) is 5.42. The Balaban J connectivity index is 1.42. The average molecular weight is 572 g/mol. The molecular weight excluding hydrogens is 542 g/mol. The van der Waals surface area contributed by atoms with Crippen LogP contribution in [0.25, 0.3) is 22.6 Å². The van der Waals surface area contributed by atoms with Crippen LogP contribution in [-0.4, -0.2) is 48.6 Å². The first-order valence-electron chi connectivity index (χ1n) is 13.7. The third-order valence-corrected chi connectivity index (χ3v) is 9.56. The SMILES string of the molecule is CCS(=O)(=O)c1ccc(CNc2nc3cnc(-c4c(C)ncnc4C4CC4)nc3n(C3CCCC3C#N)c2=O)nc1. The van der Waals surface area contributed by atoms with Gasteiger partial charge < -0.3 is 5.32 Å². The summed E-state index contributed by atoms with van der Waals surface area (Å²) in [5, 5.41) is 12.9. The summed E-state index contributed by atoms with van der Waals surface area (Å²) in [6.45, 7) is 3.63. The zero-order chi connectivity index (χ0) is 28.7. The maximum atomic E-state index is 13.9. The first kappa shape index (κ1) is 26.9. The molecule has 2 atom stereocenters. The third kappa shape index (κ3) is 5.04. The summed E-state index contributed by atoms with van der Waals surface area (Å²) in [6, 6.07) is 5.13. The van der Waals surface area contributed by atoms with Crippen molar-refractivity contribution in [2.45, 2.75) is 69.4 Å². The molecule has 2 aliphatic rings. The van der Waals surface area contributed by atoms with Crippen LogP contribution in [0.2, 0.25) is 0 Å². The largest absolute Gasteiger partial charge is 0.360 e. The molecule has 12 nitrogen and oxygen atoms in total. The summed E-state index contributed by atoms with van der Waals surface area (Å²) < 4.78 is 25.8. The standard InChI is InChI=1S/C28H29N9O3S/c1-3-41(39,40)20-10-9-19(30-13-20)12-31-26-28(38)37(22-6-4-5-18(22)11-29)27-21(35-26)14-32-25(36-27)23-16(2)33-15-34-24(23)17-7-8-17/h9-10,13-15,17-18,22H,3-8,12H2,1-2H3,(H,31,35). The van der Waals surface area contributed by atoms with Gasteiger partial charge in [-0.1, -0.05) is 6.92 Å². The molecule has 1 N–H and O–H groups in total. The van der Waals surface area contributed by atoms with Crippen molar-refractivity contribution >= 4 is 26.8 Å². The molecule has 0 aliphatic heterocycles. The Morgan fingerprint density at radius 1 is 1.07 bits per heavy atom. The molecule has 0 amide bonds. The lowest BCUT2D eigenvalue weighted by atomic mass is 10.1. The van der Waals surface area contributed by atoms with E-state index >= 15 is 0 Å². The number of nitrogens with one attached hydrogen (secondary N) is 1. The van der Waals surface area contributed by atoms with Crippen molar-refractivity contribution in [3.8, 4) is 17.5 Å². The Kier molecular flexibility index (Phi) is 6.94. The minimum Gasteiger partial charge on any atom is -0.360 e. The molecule has 0 saturated heterocycles. The van der Waals surface area contributed by atoms with Gasteiger partial charge in [-0.05, 0) is 51.2 Å². The van der Waals surface area contributed by atoms with Crippen LogP contribution in [0.1, 0.15) is 68.1 Å². The van der Waals surface area contributed by atoms with E-state index in [0.29, 0.717) is 41.4 Å². The summed E-state index contributed by atoms with van der Waals surface area (Å²) >= 11 is 0. The smallest absolute Gasteiger partial charge is 0.295 e. The Morgan fingerprint density at radius 2 is 1.90 bits per heavy atom. The topological polar surface area (TPSA) is 169 Å². The van der Waals surface area contributed by atoms with Crippen LogP contribution in [-0.2, 0) is 16.4 Å². The first-order chi connectivity index (χ1) is 19.8. The molecule has 41 heavy (non-hydrogen) atoms. The molecule has 6 rings (SSSR count). The maximum absolute atomic E-state index is 13.9. The van der Waals surface area contributed by atoms with Gasteiger partial charge in [0.05, 0.1) is 64.1 Å². The fraction of sp³-hybridized carbons (Fsp3) is 0.429. The lowest BCUT2D eigenvalue weighted by molar-refractivity contribution is 0.447. The Morgan fingerprint density at radius 3 is 2.61 bits per heavy atom. The molecule has 4 heterocycles. The molecule has 0 radical (unpaired) electrons. The highest BCUT2D eigenvalue weighted by molar-refractivity contribution is 7.91. The molecule has 2 aliphatic carbocycles. The number of aromatic nitrogens is 7. The molecule has 2 fully saturated rings. The minimum atomic E-state index is -3.36. The van der Waals surface area contributed by atoms with Crippen molar-refractivity contribution in [1.82, 2.24) is 34.5 Å². The van der Waals surface area contributed by atoms with Gasteiger partial charge in [0.1, 0.15) is 11.8 Å². The lowest BCUT2D eigenvalue weighted by Crippen LogP contribution is -2.31. The zero-order valence-corrected chi connectivity index (χ0v) is 23.6. The number of nitrogens with zero attached hydrogens (tertiary/aromatic N) is 8. The van der Waals surface area contributed by atoms with Crippen molar-refractivity contribution in [2.24, 2.45) is 5.92 Å². The van der Waals surface area contributed by atoms with E-state index in [-0.39, 0.29) is 40.5 Å². The number of nitriles is 1. The van der Waals surface area contributed by atoms with Crippen molar-refractivity contribution in [3.05, 3.63) is 58.3 Å². The van der Waals surface area contributed by atoms with Gasteiger partial charge in [0.25, 0.3) is 5.56 Å². The molecule has 2 saturated carbocycles. The normalized spacial score (nSPS) is 18.9. The predicted octanol–water partition coefficient (Wildman–Crippen LogP) is 3.49. The van der Waals surface area contributed by atoms with E-state index in [1.54, 1.807) is 30.1 Å². The molecule has 2 unspecified atom stereocenters. The third-order valence-electron chi connectivity index (χ3n) is 7.84. The summed E-state index contributed by atoms with van der Waals surface area (Å²) in [7, 11) is -3.36. The van der Waals surface area contributed by atoms with Crippen molar-refractivity contribution < 1.29 is 8.42 Å². The fourth-order valence-corrected chi connectivity index (χ4v) is 6.24. The summed E-state index contributed by atoms with van der Waals surface area (Å²) in [5.41, 5.74) is 3.40. The van der Waals surface area contributed by atoms with Gasteiger partial charge in [-0.15, -0.1) is 0 Å². The van der Waals surface area contributed by atoms with E-state index in [4.69, 9.17) is 4.98 Å². The summed E-state index contributed by atoms with van der Waals surface area (Å²) in [5.74, 6) is 0.525. The van der Waals surface area contributed by atoms with E-state index in [0.717, 1.165) is 36.2 Å². The summed E-state index contributed by atoms with van der Waals surface area (Å²) in [4.78, 5) is 41.2. The number of aryl methyl sites for hydroxylation is 1. The van der Waals surface area contributed by atoms with E-state index < -0.39 is 9.84 Å². The highest BCUT2D eigenvalue weighted by Gasteiger charge is 2.33. The molecule has 0 aromatic carbocycles. The van der Waals surface area contributed by atoms with Gasteiger partial charge in [0.15, 0.2) is 27.1 Å². The molecule has 0 spiro atoms. The van der Waals surface area contributed by atoms with Crippen LogP contribution >= 0.6 is 0 Å². The number of pyridine rings is 1. The Labute approximate surface area is 236 Å². The predicted molar refractivity (Wildman–Crippen MR) is 151 cm³/mol. The van der Waals surface area contributed by atoms with Gasteiger partial charge in [0.2, 0.25) is 0 Å². The van der Waals surface area contributed by atoms with Crippen LogP contribution in [0.5, 0.6) is 0 Å². The average Bonchev–Trinajstić information content (AvgIpc) is 3.73. The van der Waals surface area contributed by atoms with Gasteiger partial charge in [-0.3, -0.25) is 14.3 Å². The summed E-state index contributed by atoms with van der Waals surface area (Å²) in [6.07, 6.45) is 8.78. The second-order valence-corrected chi connectivity index (χ2v) is 12.8. The lowest BCUT2D eigenvalue weighted by Gasteiger charge is -2.20. The number of sulfone groups is 1. The van der Waals surface area contributed by atoms with Gasteiger partial charge in [-0.25, -0.2) is 33.3 Å². The van der Waals surface area contributed by atoms with E-state index in [9.17, 15) is 18.5 Å². The van der Waals surface area contributed by atoms with Gasteiger partial charge in [-0.2, -0.15) is 5.26 Å².